The van der Waals surface area contributed by atoms with Gasteiger partial charge in [-0.1, -0.05) is 0 Å². The maximum Gasteiger partial charge on any atom is 0.263 e. The zero-order valence-corrected chi connectivity index (χ0v) is 15.4. The first-order valence-electron chi connectivity index (χ1n) is 6.39. The molecular formula is C14H21Cl2N3O2S. The molecule has 0 saturated heterocycles. The van der Waals surface area contributed by atoms with E-state index in [1.807, 2.05) is 39.8 Å². The third kappa shape index (κ3) is 4.71. The fourth-order valence-corrected chi connectivity index (χ4v) is 2.60. The van der Waals surface area contributed by atoms with Crippen LogP contribution in [0.15, 0.2) is 16.5 Å². The van der Waals surface area contributed by atoms with E-state index in [2.05, 4.69) is 10.3 Å². The Morgan fingerprint density at radius 3 is 2.50 bits per heavy atom. The number of halogens is 2. The van der Waals surface area contributed by atoms with Crippen LogP contribution >= 0.6 is 36.2 Å². The summed E-state index contributed by atoms with van der Waals surface area (Å²) < 4.78 is 5.54. The van der Waals surface area contributed by atoms with Crippen LogP contribution in [-0.2, 0) is 0 Å². The zero-order valence-electron chi connectivity index (χ0n) is 12.9. The summed E-state index contributed by atoms with van der Waals surface area (Å²) in [4.78, 5) is 17.3. The fourth-order valence-electron chi connectivity index (χ4n) is 1.68. The average molecular weight is 366 g/mol. The number of nitrogens with zero attached hydrogens (tertiary/aromatic N) is 1. The number of nitrogens with one attached hydrogen (secondary N) is 1. The number of furan rings is 1. The summed E-state index contributed by atoms with van der Waals surface area (Å²) in [6, 6.07) is 3.74. The Labute approximate surface area is 146 Å². The van der Waals surface area contributed by atoms with E-state index in [1.54, 1.807) is 0 Å². The van der Waals surface area contributed by atoms with Crippen LogP contribution in [0, 0.1) is 13.8 Å². The monoisotopic (exact) mass is 365 g/mol. The van der Waals surface area contributed by atoms with Crippen molar-refractivity contribution in [2.45, 2.75) is 33.2 Å². The summed E-state index contributed by atoms with van der Waals surface area (Å²) in [5.74, 6) is 1.36. The van der Waals surface area contributed by atoms with Crippen molar-refractivity contribution in [3.8, 4) is 10.8 Å². The minimum atomic E-state index is -0.436. The van der Waals surface area contributed by atoms with Crippen molar-refractivity contribution in [1.82, 2.24) is 10.3 Å². The Bertz CT molecular complexity index is 638. The lowest BCUT2D eigenvalue weighted by Gasteiger charge is -2.23. The van der Waals surface area contributed by atoms with Crippen molar-refractivity contribution in [2.24, 2.45) is 5.73 Å². The summed E-state index contributed by atoms with van der Waals surface area (Å²) in [7, 11) is 0. The third-order valence-corrected chi connectivity index (χ3v) is 4.09. The van der Waals surface area contributed by atoms with Crippen LogP contribution in [0.3, 0.4) is 0 Å². The molecule has 2 rings (SSSR count). The number of amides is 1. The number of hydrogen-bond acceptors (Lipinski definition) is 5. The van der Waals surface area contributed by atoms with Crippen LogP contribution in [-0.4, -0.2) is 23.0 Å². The smallest absolute Gasteiger partial charge is 0.263 e. The minimum Gasteiger partial charge on any atom is -0.459 e. The molecule has 2 aromatic rings. The minimum absolute atomic E-state index is 0. The number of aryl methyl sites for hydroxylation is 2. The van der Waals surface area contributed by atoms with Crippen molar-refractivity contribution in [2.75, 3.05) is 6.54 Å². The molecule has 0 aromatic carbocycles. The lowest BCUT2D eigenvalue weighted by atomic mass is 10.1. The highest BCUT2D eigenvalue weighted by Crippen LogP contribution is 2.29. The van der Waals surface area contributed by atoms with Gasteiger partial charge in [0.05, 0.1) is 5.69 Å². The Balaban J connectivity index is 0.00000220. The van der Waals surface area contributed by atoms with Gasteiger partial charge in [-0.25, -0.2) is 4.98 Å². The molecule has 2 aromatic heterocycles. The van der Waals surface area contributed by atoms with E-state index in [0.717, 1.165) is 5.76 Å². The van der Waals surface area contributed by atoms with Crippen LogP contribution in [0.25, 0.3) is 10.8 Å². The molecular weight excluding hydrogens is 345 g/mol. The van der Waals surface area contributed by atoms with Gasteiger partial charge in [0.1, 0.15) is 10.6 Å². The van der Waals surface area contributed by atoms with Gasteiger partial charge in [0.2, 0.25) is 0 Å². The first-order chi connectivity index (χ1) is 9.32. The molecule has 1 amide bonds. The van der Waals surface area contributed by atoms with Crippen LogP contribution in [0.2, 0.25) is 0 Å². The van der Waals surface area contributed by atoms with Crippen molar-refractivity contribution < 1.29 is 9.21 Å². The standard InChI is InChI=1S/C14H19N3O2S.2ClH/c1-8-5-6-10(19-8)13-16-9(2)11(20-13)12(18)17-14(3,4)7-15;;/h5-6H,7,15H2,1-4H3,(H,17,18);2*1H. The molecule has 0 saturated carbocycles. The first kappa shape index (κ1) is 20.9. The normalized spacial score (nSPS) is 10.6. The summed E-state index contributed by atoms with van der Waals surface area (Å²) >= 11 is 1.33. The molecule has 0 aliphatic heterocycles. The summed E-state index contributed by atoms with van der Waals surface area (Å²) in [5, 5.41) is 3.62. The Morgan fingerprint density at radius 2 is 2.00 bits per heavy atom. The SMILES string of the molecule is Cc1ccc(-c2nc(C)c(C(=O)NC(C)(C)CN)s2)o1.Cl.Cl. The molecule has 124 valence electrons. The predicted octanol–water partition coefficient (Wildman–Crippen LogP) is 3.33. The van der Waals surface area contributed by atoms with Gasteiger partial charge in [0.25, 0.3) is 5.91 Å². The van der Waals surface area contributed by atoms with Crippen molar-refractivity contribution >= 4 is 42.1 Å². The number of nitrogens with two attached hydrogens (primary N) is 1. The van der Waals surface area contributed by atoms with E-state index in [-0.39, 0.29) is 30.7 Å². The van der Waals surface area contributed by atoms with E-state index in [9.17, 15) is 4.79 Å². The Hall–Kier alpha value is -1.08. The van der Waals surface area contributed by atoms with Gasteiger partial charge in [-0.2, -0.15) is 0 Å². The maximum atomic E-state index is 12.3. The van der Waals surface area contributed by atoms with Crippen molar-refractivity contribution in [3.63, 3.8) is 0 Å². The number of carbonyl (C=O) groups excluding carboxylic acids is 1. The molecule has 0 aliphatic carbocycles. The topological polar surface area (TPSA) is 81.2 Å². The van der Waals surface area contributed by atoms with Crippen molar-refractivity contribution in [1.29, 1.82) is 0 Å². The summed E-state index contributed by atoms with van der Waals surface area (Å²) in [5.41, 5.74) is 5.89. The molecule has 5 nitrogen and oxygen atoms in total. The van der Waals surface area contributed by atoms with Gasteiger partial charge in [-0.15, -0.1) is 36.2 Å². The molecule has 0 aliphatic rings. The molecule has 0 bridgehead atoms. The van der Waals surface area contributed by atoms with Gasteiger partial charge in [-0.3, -0.25) is 4.79 Å². The number of thiazole rings is 1. The van der Waals surface area contributed by atoms with E-state index in [1.165, 1.54) is 11.3 Å². The fraction of sp³-hybridized carbons (Fsp3) is 0.429. The van der Waals surface area contributed by atoms with Crippen molar-refractivity contribution in [3.05, 3.63) is 28.5 Å². The van der Waals surface area contributed by atoms with Crippen LogP contribution in [0.5, 0.6) is 0 Å². The molecule has 22 heavy (non-hydrogen) atoms. The predicted molar refractivity (Wildman–Crippen MR) is 94.4 cm³/mol. The van der Waals surface area contributed by atoms with Gasteiger partial charge in [-0.05, 0) is 39.8 Å². The largest absolute Gasteiger partial charge is 0.459 e. The average Bonchev–Trinajstić information content (AvgIpc) is 2.95. The number of aromatic nitrogens is 1. The zero-order chi connectivity index (χ0) is 14.9. The van der Waals surface area contributed by atoms with Crippen LogP contribution < -0.4 is 11.1 Å². The van der Waals surface area contributed by atoms with Gasteiger partial charge in [0, 0.05) is 12.1 Å². The number of carbonyl (C=O) groups is 1. The Kier molecular flexibility index (Phi) is 7.57. The molecule has 0 spiro atoms. The molecule has 0 unspecified atom stereocenters. The van der Waals surface area contributed by atoms with Crippen LogP contribution in [0.1, 0.15) is 35.0 Å². The maximum absolute atomic E-state index is 12.3. The van der Waals surface area contributed by atoms with Gasteiger partial charge in [0.15, 0.2) is 10.8 Å². The highest BCUT2D eigenvalue weighted by Gasteiger charge is 2.23. The van der Waals surface area contributed by atoms with E-state index < -0.39 is 5.54 Å². The molecule has 8 heteroatoms. The molecule has 0 fully saturated rings. The molecule has 3 N–H and O–H groups in total. The van der Waals surface area contributed by atoms with E-state index in [4.69, 9.17) is 10.2 Å². The first-order valence-corrected chi connectivity index (χ1v) is 7.21. The summed E-state index contributed by atoms with van der Waals surface area (Å²) in [6.07, 6.45) is 0. The third-order valence-electron chi connectivity index (χ3n) is 2.92. The van der Waals surface area contributed by atoms with Gasteiger partial charge >= 0.3 is 0 Å². The number of rotatable bonds is 4. The second-order valence-corrected chi connectivity index (χ2v) is 6.39. The lowest BCUT2D eigenvalue weighted by molar-refractivity contribution is 0.0919. The molecule has 0 radical (unpaired) electrons. The second kappa shape index (κ2) is 7.97. The highest BCUT2D eigenvalue weighted by atomic mass is 35.5. The van der Waals surface area contributed by atoms with Gasteiger partial charge < -0.3 is 15.5 Å². The second-order valence-electron chi connectivity index (χ2n) is 5.39. The molecule has 0 atom stereocenters. The lowest BCUT2D eigenvalue weighted by Crippen LogP contribution is -2.48. The summed E-state index contributed by atoms with van der Waals surface area (Å²) in [6.45, 7) is 7.85. The van der Waals surface area contributed by atoms with E-state index in [0.29, 0.717) is 27.9 Å². The molecule has 2 heterocycles. The van der Waals surface area contributed by atoms with Crippen LogP contribution in [0.4, 0.5) is 0 Å². The van der Waals surface area contributed by atoms with E-state index >= 15 is 0 Å². The number of hydrogen-bond donors (Lipinski definition) is 2. The Morgan fingerprint density at radius 1 is 1.36 bits per heavy atom. The highest BCUT2D eigenvalue weighted by molar-refractivity contribution is 7.17. The quantitative estimate of drug-likeness (QED) is 0.870.